The molecule has 1 saturated heterocycles. The number of nitrogens with zero attached hydrogens (tertiary/aromatic N) is 1. The van der Waals surface area contributed by atoms with Gasteiger partial charge in [-0.05, 0) is 27.1 Å². The zero-order valence-electron chi connectivity index (χ0n) is 6.60. The summed E-state index contributed by atoms with van der Waals surface area (Å²) < 4.78 is 13.0. The highest BCUT2D eigenvalue weighted by atomic mass is 19.1. The molecule has 1 aliphatic rings. The average Bonchev–Trinajstić information content (AvgIpc) is 1.88. The standard InChI is InChI=1S/C7H15FN2/c1-9-7-3-4-10(2)5-6(7)8/h6-7,9H,3-5H2,1-2H3. The van der Waals surface area contributed by atoms with Crippen LogP contribution in [0.1, 0.15) is 6.42 Å². The first-order valence-corrected chi connectivity index (χ1v) is 3.74. The van der Waals surface area contributed by atoms with Crippen LogP contribution in [0.5, 0.6) is 0 Å². The zero-order valence-corrected chi connectivity index (χ0v) is 6.60. The molecule has 0 aliphatic carbocycles. The van der Waals surface area contributed by atoms with Crippen molar-refractivity contribution in [2.75, 3.05) is 27.2 Å². The predicted molar refractivity (Wildman–Crippen MR) is 39.9 cm³/mol. The minimum atomic E-state index is -0.691. The van der Waals surface area contributed by atoms with Crippen molar-refractivity contribution in [1.29, 1.82) is 0 Å². The number of halogens is 1. The molecular weight excluding hydrogens is 131 g/mol. The molecule has 1 heterocycles. The molecule has 1 N–H and O–H groups in total. The molecule has 10 heavy (non-hydrogen) atoms. The SMILES string of the molecule is CNC1CCN(C)CC1F. The minimum Gasteiger partial charge on any atom is -0.314 e. The highest BCUT2D eigenvalue weighted by molar-refractivity contribution is 4.82. The summed E-state index contributed by atoms with van der Waals surface area (Å²) in [5.74, 6) is 0. The van der Waals surface area contributed by atoms with Gasteiger partial charge in [0.05, 0.1) is 0 Å². The molecule has 60 valence electrons. The van der Waals surface area contributed by atoms with Gasteiger partial charge in [-0.15, -0.1) is 0 Å². The summed E-state index contributed by atoms with van der Waals surface area (Å²) in [6.45, 7) is 1.58. The molecular formula is C7H15FN2. The van der Waals surface area contributed by atoms with Crippen LogP contribution in [0.4, 0.5) is 4.39 Å². The van der Waals surface area contributed by atoms with Crippen LogP contribution in [0.3, 0.4) is 0 Å². The highest BCUT2D eigenvalue weighted by Gasteiger charge is 2.25. The third-order valence-corrected chi connectivity index (χ3v) is 2.12. The maximum Gasteiger partial charge on any atom is 0.128 e. The van der Waals surface area contributed by atoms with E-state index in [2.05, 4.69) is 5.32 Å². The molecule has 0 aromatic rings. The van der Waals surface area contributed by atoms with Crippen molar-refractivity contribution < 1.29 is 4.39 Å². The molecule has 2 atom stereocenters. The van der Waals surface area contributed by atoms with Gasteiger partial charge in [0.15, 0.2) is 0 Å². The zero-order chi connectivity index (χ0) is 7.56. The third-order valence-electron chi connectivity index (χ3n) is 2.12. The van der Waals surface area contributed by atoms with Crippen molar-refractivity contribution in [3.8, 4) is 0 Å². The van der Waals surface area contributed by atoms with Crippen molar-refractivity contribution in [3.63, 3.8) is 0 Å². The molecule has 1 fully saturated rings. The van der Waals surface area contributed by atoms with Crippen LogP contribution in [0, 0.1) is 0 Å². The van der Waals surface area contributed by atoms with E-state index < -0.39 is 6.17 Å². The Bertz CT molecular complexity index is 108. The molecule has 0 amide bonds. The monoisotopic (exact) mass is 146 g/mol. The fourth-order valence-corrected chi connectivity index (χ4v) is 1.38. The maximum atomic E-state index is 13.0. The minimum absolute atomic E-state index is 0.0798. The number of rotatable bonds is 1. The van der Waals surface area contributed by atoms with Crippen LogP contribution in [-0.2, 0) is 0 Å². The first-order valence-electron chi connectivity index (χ1n) is 3.74. The van der Waals surface area contributed by atoms with Crippen LogP contribution < -0.4 is 5.32 Å². The number of nitrogens with one attached hydrogen (secondary N) is 1. The van der Waals surface area contributed by atoms with Crippen LogP contribution in [0.25, 0.3) is 0 Å². The second kappa shape index (κ2) is 3.30. The van der Waals surface area contributed by atoms with E-state index in [-0.39, 0.29) is 6.04 Å². The quantitative estimate of drug-likeness (QED) is 0.570. The molecule has 3 heteroatoms. The molecule has 0 saturated carbocycles. The van der Waals surface area contributed by atoms with Crippen LogP contribution in [0.2, 0.25) is 0 Å². The summed E-state index contributed by atoms with van der Waals surface area (Å²) in [5, 5.41) is 2.97. The average molecular weight is 146 g/mol. The molecule has 1 aliphatic heterocycles. The lowest BCUT2D eigenvalue weighted by molar-refractivity contribution is 0.127. The van der Waals surface area contributed by atoms with Gasteiger partial charge >= 0.3 is 0 Å². The Kier molecular flexibility index (Phi) is 2.63. The number of likely N-dealkylation sites (tertiary alicyclic amines) is 1. The summed E-state index contributed by atoms with van der Waals surface area (Å²) in [6.07, 6.45) is 0.234. The lowest BCUT2D eigenvalue weighted by Crippen LogP contribution is -2.48. The Morgan fingerprint density at radius 1 is 1.60 bits per heavy atom. The molecule has 0 aromatic heterocycles. The van der Waals surface area contributed by atoms with E-state index in [1.54, 1.807) is 0 Å². The van der Waals surface area contributed by atoms with Crippen molar-refractivity contribution in [1.82, 2.24) is 10.2 Å². The molecule has 0 radical (unpaired) electrons. The van der Waals surface area contributed by atoms with Gasteiger partial charge in [0.25, 0.3) is 0 Å². The molecule has 2 unspecified atom stereocenters. The Hall–Kier alpha value is -0.150. The summed E-state index contributed by atoms with van der Waals surface area (Å²) in [6, 6.07) is 0.0798. The fraction of sp³-hybridized carbons (Fsp3) is 1.00. The first-order chi connectivity index (χ1) is 4.74. The molecule has 0 aromatic carbocycles. The van der Waals surface area contributed by atoms with Gasteiger partial charge in [0.2, 0.25) is 0 Å². The highest BCUT2D eigenvalue weighted by Crippen LogP contribution is 2.11. The van der Waals surface area contributed by atoms with Crippen LogP contribution in [-0.4, -0.2) is 44.3 Å². The van der Waals surface area contributed by atoms with Crippen molar-refractivity contribution in [3.05, 3.63) is 0 Å². The van der Waals surface area contributed by atoms with E-state index in [0.717, 1.165) is 13.0 Å². The lowest BCUT2D eigenvalue weighted by Gasteiger charge is -2.31. The van der Waals surface area contributed by atoms with Crippen molar-refractivity contribution in [2.24, 2.45) is 0 Å². The summed E-state index contributed by atoms with van der Waals surface area (Å²) >= 11 is 0. The molecule has 0 bridgehead atoms. The number of hydrogen-bond donors (Lipinski definition) is 1. The van der Waals surface area contributed by atoms with Gasteiger partial charge in [-0.2, -0.15) is 0 Å². The van der Waals surface area contributed by atoms with E-state index in [1.807, 2.05) is 19.0 Å². The van der Waals surface area contributed by atoms with E-state index in [0.29, 0.717) is 6.54 Å². The van der Waals surface area contributed by atoms with Crippen molar-refractivity contribution >= 4 is 0 Å². The van der Waals surface area contributed by atoms with Crippen molar-refractivity contribution in [2.45, 2.75) is 18.6 Å². The normalized spacial score (nSPS) is 36.3. The molecule has 0 spiro atoms. The van der Waals surface area contributed by atoms with Gasteiger partial charge < -0.3 is 10.2 Å². The number of piperidine rings is 1. The van der Waals surface area contributed by atoms with Gasteiger partial charge in [0, 0.05) is 12.6 Å². The fourth-order valence-electron chi connectivity index (χ4n) is 1.38. The Morgan fingerprint density at radius 3 is 2.80 bits per heavy atom. The maximum absolute atomic E-state index is 13.0. The lowest BCUT2D eigenvalue weighted by atomic mass is 10.0. The largest absolute Gasteiger partial charge is 0.314 e. The van der Waals surface area contributed by atoms with Gasteiger partial charge in [-0.3, -0.25) is 0 Å². The van der Waals surface area contributed by atoms with E-state index in [9.17, 15) is 4.39 Å². The van der Waals surface area contributed by atoms with Gasteiger partial charge in [0.1, 0.15) is 6.17 Å². The first kappa shape index (κ1) is 7.95. The Morgan fingerprint density at radius 2 is 2.30 bits per heavy atom. The number of hydrogen-bond acceptors (Lipinski definition) is 2. The van der Waals surface area contributed by atoms with E-state index >= 15 is 0 Å². The molecule has 2 nitrogen and oxygen atoms in total. The van der Waals surface area contributed by atoms with Gasteiger partial charge in [-0.1, -0.05) is 0 Å². The van der Waals surface area contributed by atoms with E-state index in [1.165, 1.54) is 0 Å². The van der Waals surface area contributed by atoms with Crippen LogP contribution >= 0.6 is 0 Å². The number of alkyl halides is 1. The Labute approximate surface area is 61.4 Å². The second-order valence-corrected chi connectivity index (χ2v) is 2.96. The summed E-state index contributed by atoms with van der Waals surface area (Å²) in [5.41, 5.74) is 0. The second-order valence-electron chi connectivity index (χ2n) is 2.96. The topological polar surface area (TPSA) is 15.3 Å². The molecule has 1 rings (SSSR count). The van der Waals surface area contributed by atoms with Crippen LogP contribution in [0.15, 0.2) is 0 Å². The predicted octanol–water partition coefficient (Wildman–Crippen LogP) is 0.248. The Balaban J connectivity index is 2.36. The third kappa shape index (κ3) is 1.67. The van der Waals surface area contributed by atoms with E-state index in [4.69, 9.17) is 0 Å². The summed E-state index contributed by atoms with van der Waals surface area (Å²) in [7, 11) is 3.78. The summed E-state index contributed by atoms with van der Waals surface area (Å²) in [4.78, 5) is 2.03. The van der Waals surface area contributed by atoms with Gasteiger partial charge in [-0.25, -0.2) is 4.39 Å². The smallest absolute Gasteiger partial charge is 0.128 e.